The summed E-state index contributed by atoms with van der Waals surface area (Å²) in [5.74, 6) is -0.441. The summed E-state index contributed by atoms with van der Waals surface area (Å²) in [7, 11) is 0. The number of nitrogens with one attached hydrogen (secondary N) is 1. The van der Waals surface area contributed by atoms with E-state index in [0.717, 1.165) is 0 Å². The van der Waals surface area contributed by atoms with E-state index in [4.69, 9.17) is 27.9 Å². The predicted octanol–water partition coefficient (Wildman–Crippen LogP) is 4.15. The van der Waals surface area contributed by atoms with E-state index in [1.165, 1.54) is 0 Å². The number of hydrogen-bond donors (Lipinski definition) is 1. The lowest BCUT2D eigenvalue weighted by molar-refractivity contribution is 0.0320. The lowest BCUT2D eigenvalue weighted by atomic mass is 10.2. The van der Waals surface area contributed by atoms with Crippen molar-refractivity contribution in [2.45, 2.75) is 13.0 Å². The quantitative estimate of drug-likeness (QED) is 0.710. The Bertz CT molecular complexity index is 965. The Morgan fingerprint density at radius 3 is 2.50 bits per heavy atom. The number of aromatic amines is 1. The van der Waals surface area contributed by atoms with E-state index >= 15 is 0 Å². The second kappa shape index (κ2) is 6.63. The van der Waals surface area contributed by atoms with E-state index in [0.29, 0.717) is 10.9 Å². The van der Waals surface area contributed by atoms with Crippen molar-refractivity contribution in [3.05, 3.63) is 74.3 Å². The Kier molecular flexibility index (Phi) is 4.55. The Morgan fingerprint density at radius 2 is 1.79 bits per heavy atom. The van der Waals surface area contributed by atoms with E-state index in [1.807, 2.05) is 0 Å². The average Bonchev–Trinajstić information content (AvgIpc) is 2.54. The lowest BCUT2D eigenvalue weighted by Gasteiger charge is -2.14. The summed E-state index contributed by atoms with van der Waals surface area (Å²) < 4.78 is 5.35. The van der Waals surface area contributed by atoms with Gasteiger partial charge in [-0.2, -0.15) is 0 Å². The Morgan fingerprint density at radius 1 is 1.12 bits per heavy atom. The van der Waals surface area contributed by atoms with Gasteiger partial charge in [0.25, 0.3) is 5.56 Å². The highest BCUT2D eigenvalue weighted by Gasteiger charge is 2.21. The molecule has 0 aliphatic rings. The first-order chi connectivity index (χ1) is 11.5. The number of rotatable bonds is 3. The largest absolute Gasteiger partial charge is 0.451 e. The highest BCUT2D eigenvalue weighted by atomic mass is 35.5. The molecule has 0 aliphatic heterocycles. The van der Waals surface area contributed by atoms with Gasteiger partial charge in [-0.05, 0) is 31.2 Å². The maximum Gasteiger partial charge on any atom is 0.341 e. The van der Waals surface area contributed by atoms with Crippen LogP contribution in [0.25, 0.3) is 10.9 Å². The molecule has 3 aromatic rings. The average molecular weight is 363 g/mol. The fourth-order valence-corrected chi connectivity index (χ4v) is 2.82. The number of ether oxygens (including phenoxy) is 1. The Balaban J connectivity index is 1.91. The SMILES string of the molecule is C[C@H](OC(=O)c1c(Cl)cccc1Cl)c1nc2ccccc2c(=O)[nH]1. The van der Waals surface area contributed by atoms with Crippen molar-refractivity contribution in [3.8, 4) is 0 Å². The van der Waals surface area contributed by atoms with Crippen LogP contribution in [0.3, 0.4) is 0 Å². The molecular formula is C17H12Cl2N2O3. The number of halogens is 2. The van der Waals surface area contributed by atoms with Crippen LogP contribution in [0.2, 0.25) is 10.0 Å². The van der Waals surface area contributed by atoms with Crippen molar-refractivity contribution in [3.63, 3.8) is 0 Å². The van der Waals surface area contributed by atoms with Crippen molar-refractivity contribution in [1.82, 2.24) is 9.97 Å². The summed E-state index contributed by atoms with van der Waals surface area (Å²) in [6.45, 7) is 1.61. The molecule has 2 aromatic carbocycles. The van der Waals surface area contributed by atoms with Gasteiger partial charge in [-0.25, -0.2) is 9.78 Å². The van der Waals surface area contributed by atoms with Gasteiger partial charge in [0.1, 0.15) is 0 Å². The first kappa shape index (κ1) is 16.5. The molecule has 0 amide bonds. The van der Waals surface area contributed by atoms with Gasteiger partial charge >= 0.3 is 5.97 Å². The van der Waals surface area contributed by atoms with Crippen LogP contribution in [0.5, 0.6) is 0 Å². The Hall–Kier alpha value is -2.37. The first-order valence-corrected chi connectivity index (χ1v) is 7.87. The molecule has 0 spiro atoms. The summed E-state index contributed by atoms with van der Waals surface area (Å²) in [4.78, 5) is 31.4. The van der Waals surface area contributed by atoms with Gasteiger partial charge in [-0.15, -0.1) is 0 Å². The first-order valence-electron chi connectivity index (χ1n) is 7.11. The van der Waals surface area contributed by atoms with Crippen LogP contribution in [0.4, 0.5) is 0 Å². The van der Waals surface area contributed by atoms with Gasteiger partial charge < -0.3 is 9.72 Å². The third kappa shape index (κ3) is 3.13. The predicted molar refractivity (Wildman–Crippen MR) is 92.7 cm³/mol. The summed E-state index contributed by atoms with van der Waals surface area (Å²) in [5.41, 5.74) is 0.306. The molecule has 1 aromatic heterocycles. The number of carbonyl (C=O) groups excluding carboxylic acids is 1. The summed E-state index contributed by atoms with van der Waals surface area (Å²) >= 11 is 12.0. The van der Waals surface area contributed by atoms with Crippen molar-refractivity contribution in [1.29, 1.82) is 0 Å². The standard InChI is InChI=1S/C17H12Cl2N2O3/c1-9(24-17(23)14-11(18)6-4-7-12(14)19)15-20-13-8-3-2-5-10(13)16(22)21-15/h2-9H,1H3,(H,20,21,22)/t9-/m0/s1. The van der Waals surface area contributed by atoms with Crippen LogP contribution in [0, 0.1) is 0 Å². The molecule has 0 unspecified atom stereocenters. The zero-order valence-electron chi connectivity index (χ0n) is 12.5. The summed E-state index contributed by atoms with van der Waals surface area (Å²) in [6.07, 6.45) is -0.776. The number of aromatic nitrogens is 2. The number of para-hydroxylation sites is 1. The topological polar surface area (TPSA) is 72.0 Å². The molecule has 7 heteroatoms. The molecule has 0 fully saturated rings. The number of carbonyl (C=O) groups is 1. The van der Waals surface area contributed by atoms with Gasteiger partial charge in [0.2, 0.25) is 0 Å². The maximum absolute atomic E-state index is 12.3. The number of hydrogen-bond acceptors (Lipinski definition) is 4. The van der Waals surface area contributed by atoms with Gasteiger partial charge in [0, 0.05) is 0 Å². The van der Waals surface area contributed by atoms with E-state index in [9.17, 15) is 9.59 Å². The molecule has 0 bridgehead atoms. The number of nitrogens with zero attached hydrogens (tertiary/aromatic N) is 1. The van der Waals surface area contributed by atoms with E-state index < -0.39 is 12.1 Å². The number of benzene rings is 2. The fourth-order valence-electron chi connectivity index (χ4n) is 2.27. The van der Waals surface area contributed by atoms with E-state index in [-0.39, 0.29) is 27.0 Å². The molecule has 0 saturated carbocycles. The minimum atomic E-state index is -0.776. The third-order valence-corrected chi connectivity index (χ3v) is 4.10. The van der Waals surface area contributed by atoms with Gasteiger partial charge in [0.15, 0.2) is 11.9 Å². The van der Waals surface area contributed by atoms with Crippen molar-refractivity contribution >= 4 is 40.1 Å². The maximum atomic E-state index is 12.3. The van der Waals surface area contributed by atoms with Crippen molar-refractivity contribution in [2.75, 3.05) is 0 Å². The van der Waals surface area contributed by atoms with Crippen LogP contribution < -0.4 is 5.56 Å². The molecule has 0 aliphatic carbocycles. The van der Waals surface area contributed by atoms with Crippen LogP contribution in [0.1, 0.15) is 29.2 Å². The summed E-state index contributed by atoms with van der Waals surface area (Å²) in [6, 6.07) is 11.6. The van der Waals surface area contributed by atoms with Gasteiger partial charge in [0.05, 0.1) is 26.5 Å². The molecule has 122 valence electrons. The molecule has 3 rings (SSSR count). The van der Waals surface area contributed by atoms with Crippen LogP contribution in [0.15, 0.2) is 47.3 Å². The Labute approximate surface area is 147 Å². The lowest BCUT2D eigenvalue weighted by Crippen LogP contribution is -2.17. The molecule has 1 atom stereocenters. The van der Waals surface area contributed by atoms with E-state index in [1.54, 1.807) is 49.4 Å². The number of esters is 1. The normalized spacial score (nSPS) is 12.1. The van der Waals surface area contributed by atoms with Gasteiger partial charge in [-0.3, -0.25) is 4.79 Å². The van der Waals surface area contributed by atoms with E-state index in [2.05, 4.69) is 9.97 Å². The van der Waals surface area contributed by atoms with Crippen LogP contribution >= 0.6 is 23.2 Å². The highest BCUT2D eigenvalue weighted by molar-refractivity contribution is 6.39. The fraction of sp³-hybridized carbons (Fsp3) is 0.118. The summed E-state index contributed by atoms with van der Waals surface area (Å²) in [5, 5.41) is 0.855. The van der Waals surface area contributed by atoms with Crippen LogP contribution in [-0.4, -0.2) is 15.9 Å². The molecule has 0 radical (unpaired) electrons. The zero-order valence-corrected chi connectivity index (χ0v) is 14.1. The molecule has 24 heavy (non-hydrogen) atoms. The van der Waals surface area contributed by atoms with Crippen molar-refractivity contribution < 1.29 is 9.53 Å². The molecular weight excluding hydrogens is 351 g/mol. The number of H-pyrrole nitrogens is 1. The van der Waals surface area contributed by atoms with Gasteiger partial charge in [-0.1, -0.05) is 41.4 Å². The minimum absolute atomic E-state index is 0.0795. The number of fused-ring (bicyclic) bond motifs is 1. The third-order valence-electron chi connectivity index (χ3n) is 3.47. The minimum Gasteiger partial charge on any atom is -0.451 e. The van der Waals surface area contributed by atoms with Crippen LogP contribution in [-0.2, 0) is 4.74 Å². The molecule has 0 saturated heterocycles. The smallest absolute Gasteiger partial charge is 0.341 e. The second-order valence-corrected chi connectivity index (χ2v) is 5.93. The highest BCUT2D eigenvalue weighted by Crippen LogP contribution is 2.27. The molecule has 1 heterocycles. The monoisotopic (exact) mass is 362 g/mol. The molecule has 5 nitrogen and oxygen atoms in total. The zero-order chi connectivity index (χ0) is 17.3. The second-order valence-electron chi connectivity index (χ2n) is 5.11. The van der Waals surface area contributed by atoms with Crippen molar-refractivity contribution in [2.24, 2.45) is 0 Å². The molecule has 1 N–H and O–H groups in total.